The maximum atomic E-state index is 12.6. The van der Waals surface area contributed by atoms with Crippen molar-refractivity contribution in [2.75, 3.05) is 5.32 Å². The van der Waals surface area contributed by atoms with Crippen LogP contribution in [0, 0.1) is 13.8 Å². The van der Waals surface area contributed by atoms with Crippen molar-refractivity contribution in [1.29, 1.82) is 0 Å². The molecule has 4 rings (SSSR count). The predicted molar refractivity (Wildman–Crippen MR) is 96.2 cm³/mol. The molecular formula is C19H17N5O. The van der Waals surface area contributed by atoms with Crippen LogP contribution in [0.15, 0.2) is 61.1 Å². The largest absolute Gasteiger partial charge is 0.324 e. The van der Waals surface area contributed by atoms with Crippen molar-refractivity contribution in [3.05, 3.63) is 78.0 Å². The minimum Gasteiger partial charge on any atom is -0.324 e. The highest BCUT2D eigenvalue weighted by atomic mass is 16.1. The molecule has 6 nitrogen and oxygen atoms in total. The Morgan fingerprint density at radius 2 is 1.80 bits per heavy atom. The summed E-state index contributed by atoms with van der Waals surface area (Å²) in [5.41, 5.74) is 4.59. The zero-order valence-corrected chi connectivity index (χ0v) is 14.0. The Hall–Kier alpha value is -3.41. The van der Waals surface area contributed by atoms with Crippen LogP contribution >= 0.6 is 0 Å². The number of aryl methyl sites for hydroxylation is 2. The van der Waals surface area contributed by atoms with E-state index in [1.165, 1.54) is 0 Å². The molecule has 0 fully saturated rings. The number of anilines is 1. The summed E-state index contributed by atoms with van der Waals surface area (Å²) in [5.74, 6) is -0.221. The summed E-state index contributed by atoms with van der Waals surface area (Å²) in [5, 5.41) is 7.17. The second-order valence-corrected chi connectivity index (χ2v) is 5.92. The second kappa shape index (κ2) is 5.90. The van der Waals surface area contributed by atoms with E-state index in [0.717, 1.165) is 22.8 Å². The highest BCUT2D eigenvalue weighted by Crippen LogP contribution is 2.17. The number of nitrogens with zero attached hydrogens (tertiary/aromatic N) is 4. The lowest BCUT2D eigenvalue weighted by molar-refractivity contribution is 0.102. The monoisotopic (exact) mass is 331 g/mol. The Labute approximate surface area is 144 Å². The van der Waals surface area contributed by atoms with Crippen molar-refractivity contribution in [2.45, 2.75) is 13.8 Å². The lowest BCUT2D eigenvalue weighted by Crippen LogP contribution is -2.12. The number of hydrogen-bond donors (Lipinski definition) is 1. The van der Waals surface area contributed by atoms with Crippen molar-refractivity contribution >= 4 is 17.2 Å². The van der Waals surface area contributed by atoms with E-state index in [2.05, 4.69) is 15.4 Å². The number of aromatic nitrogens is 4. The van der Waals surface area contributed by atoms with Crippen LogP contribution in [0.4, 0.5) is 5.69 Å². The van der Waals surface area contributed by atoms with Crippen LogP contribution in [0.2, 0.25) is 0 Å². The summed E-state index contributed by atoms with van der Waals surface area (Å²) < 4.78 is 3.68. The topological polar surface area (TPSA) is 64.2 Å². The maximum absolute atomic E-state index is 12.6. The number of carbonyl (C=O) groups is 1. The summed E-state index contributed by atoms with van der Waals surface area (Å²) >= 11 is 0. The van der Waals surface area contributed by atoms with E-state index in [1.54, 1.807) is 10.7 Å². The number of hydrogen-bond acceptors (Lipinski definition) is 3. The fourth-order valence-electron chi connectivity index (χ4n) is 2.85. The van der Waals surface area contributed by atoms with Crippen LogP contribution < -0.4 is 5.32 Å². The van der Waals surface area contributed by atoms with E-state index in [4.69, 9.17) is 0 Å². The lowest BCUT2D eigenvalue weighted by Gasteiger charge is -2.07. The standard InChI is InChI=1S/C19H17N5O/c1-13-11-14(2)24-18(21-13)17(12-20-24)19(25)22-15-5-7-16(8-6-15)23-9-3-4-10-23/h3-12H,1-2H3,(H,22,25). The first-order valence-corrected chi connectivity index (χ1v) is 7.98. The fraction of sp³-hybridized carbons (Fsp3) is 0.105. The van der Waals surface area contributed by atoms with Crippen LogP contribution in [0.3, 0.4) is 0 Å². The molecule has 0 aliphatic carbocycles. The van der Waals surface area contributed by atoms with Gasteiger partial charge in [-0.15, -0.1) is 0 Å². The predicted octanol–water partition coefficient (Wildman–Crippen LogP) is 3.39. The third-order valence-corrected chi connectivity index (χ3v) is 4.05. The number of rotatable bonds is 3. The molecule has 0 aliphatic rings. The molecule has 0 saturated carbocycles. The molecule has 6 heteroatoms. The zero-order valence-electron chi connectivity index (χ0n) is 14.0. The summed E-state index contributed by atoms with van der Waals surface area (Å²) in [6.07, 6.45) is 5.50. The van der Waals surface area contributed by atoms with Gasteiger partial charge in [0.05, 0.1) is 6.20 Å². The lowest BCUT2D eigenvalue weighted by atomic mass is 10.2. The van der Waals surface area contributed by atoms with Crippen LogP contribution in [-0.4, -0.2) is 25.1 Å². The van der Waals surface area contributed by atoms with Gasteiger partial charge in [-0.2, -0.15) is 5.10 Å². The molecule has 0 saturated heterocycles. The molecule has 3 aromatic heterocycles. The van der Waals surface area contributed by atoms with Gasteiger partial charge in [-0.1, -0.05) is 0 Å². The van der Waals surface area contributed by atoms with E-state index in [9.17, 15) is 4.79 Å². The molecule has 4 aromatic rings. The molecule has 0 spiro atoms. The van der Waals surface area contributed by atoms with Gasteiger partial charge in [0.25, 0.3) is 5.91 Å². The second-order valence-electron chi connectivity index (χ2n) is 5.92. The van der Waals surface area contributed by atoms with Crippen molar-refractivity contribution in [1.82, 2.24) is 19.2 Å². The molecule has 0 atom stereocenters. The quantitative estimate of drug-likeness (QED) is 0.626. The molecule has 0 aliphatic heterocycles. The van der Waals surface area contributed by atoms with E-state index < -0.39 is 0 Å². The average Bonchev–Trinajstić information content (AvgIpc) is 3.25. The van der Waals surface area contributed by atoms with E-state index in [1.807, 2.05) is 73.3 Å². The average molecular weight is 331 g/mol. The number of benzene rings is 1. The third-order valence-electron chi connectivity index (χ3n) is 4.05. The maximum Gasteiger partial charge on any atom is 0.261 e. The number of nitrogens with one attached hydrogen (secondary N) is 1. The molecule has 25 heavy (non-hydrogen) atoms. The highest BCUT2D eigenvalue weighted by molar-refractivity contribution is 6.08. The first-order chi connectivity index (χ1) is 12.1. The summed E-state index contributed by atoms with van der Waals surface area (Å²) in [7, 11) is 0. The minimum atomic E-state index is -0.221. The fourth-order valence-corrected chi connectivity index (χ4v) is 2.85. The van der Waals surface area contributed by atoms with Gasteiger partial charge in [-0.3, -0.25) is 4.79 Å². The van der Waals surface area contributed by atoms with E-state index in [-0.39, 0.29) is 5.91 Å². The van der Waals surface area contributed by atoms with Crippen molar-refractivity contribution in [3.63, 3.8) is 0 Å². The zero-order chi connectivity index (χ0) is 17.4. The van der Waals surface area contributed by atoms with E-state index in [0.29, 0.717) is 11.2 Å². The molecule has 3 heterocycles. The molecular weight excluding hydrogens is 314 g/mol. The van der Waals surface area contributed by atoms with Gasteiger partial charge < -0.3 is 9.88 Å². The van der Waals surface area contributed by atoms with Crippen molar-refractivity contribution in [2.24, 2.45) is 0 Å². The minimum absolute atomic E-state index is 0.221. The number of carbonyl (C=O) groups excluding carboxylic acids is 1. The molecule has 1 aromatic carbocycles. The summed E-state index contributed by atoms with van der Waals surface area (Å²) in [6, 6.07) is 13.5. The van der Waals surface area contributed by atoms with Gasteiger partial charge in [0.2, 0.25) is 0 Å². The molecule has 0 radical (unpaired) electrons. The molecule has 124 valence electrons. The van der Waals surface area contributed by atoms with Gasteiger partial charge in [0.15, 0.2) is 5.65 Å². The SMILES string of the molecule is Cc1cc(C)n2ncc(C(=O)Nc3ccc(-n4cccc4)cc3)c2n1. The van der Waals surface area contributed by atoms with Crippen LogP contribution in [-0.2, 0) is 0 Å². The van der Waals surface area contributed by atoms with Crippen molar-refractivity contribution < 1.29 is 4.79 Å². The van der Waals surface area contributed by atoms with Crippen LogP contribution in [0.25, 0.3) is 11.3 Å². The van der Waals surface area contributed by atoms with Gasteiger partial charge in [0.1, 0.15) is 5.56 Å². The Morgan fingerprint density at radius 1 is 1.08 bits per heavy atom. The number of fused-ring (bicyclic) bond motifs is 1. The Bertz CT molecular complexity index is 1050. The summed E-state index contributed by atoms with van der Waals surface area (Å²) in [4.78, 5) is 17.1. The Balaban J connectivity index is 1.60. The molecule has 0 bridgehead atoms. The third kappa shape index (κ3) is 2.78. The normalized spacial score (nSPS) is 11.0. The van der Waals surface area contributed by atoms with Gasteiger partial charge >= 0.3 is 0 Å². The van der Waals surface area contributed by atoms with Gasteiger partial charge in [-0.25, -0.2) is 9.50 Å². The molecule has 0 unspecified atom stereocenters. The van der Waals surface area contributed by atoms with E-state index >= 15 is 0 Å². The van der Waals surface area contributed by atoms with Crippen LogP contribution in [0.5, 0.6) is 0 Å². The van der Waals surface area contributed by atoms with Crippen LogP contribution in [0.1, 0.15) is 21.7 Å². The van der Waals surface area contributed by atoms with Gasteiger partial charge in [0, 0.05) is 35.2 Å². The number of amides is 1. The van der Waals surface area contributed by atoms with Crippen molar-refractivity contribution in [3.8, 4) is 5.69 Å². The molecule has 1 N–H and O–H groups in total. The smallest absolute Gasteiger partial charge is 0.261 e. The first-order valence-electron chi connectivity index (χ1n) is 7.98. The van der Waals surface area contributed by atoms with Gasteiger partial charge in [-0.05, 0) is 56.3 Å². The highest BCUT2D eigenvalue weighted by Gasteiger charge is 2.15. The summed E-state index contributed by atoms with van der Waals surface area (Å²) in [6.45, 7) is 3.85. The Morgan fingerprint density at radius 3 is 2.52 bits per heavy atom. The Kier molecular flexibility index (Phi) is 3.57. The first kappa shape index (κ1) is 15.1. The molecule has 1 amide bonds.